The molecule has 1 aromatic rings. The molecule has 1 fully saturated rings. The molecule has 0 atom stereocenters. The quantitative estimate of drug-likeness (QED) is 0.754. The van der Waals surface area contributed by atoms with Crippen molar-refractivity contribution in [2.45, 2.75) is 11.7 Å². The summed E-state index contributed by atoms with van der Waals surface area (Å²) in [6, 6.07) is 6.15. The van der Waals surface area contributed by atoms with Crippen LogP contribution in [0.25, 0.3) is 0 Å². The van der Waals surface area contributed by atoms with E-state index in [1.54, 1.807) is 7.11 Å². The van der Waals surface area contributed by atoms with E-state index in [4.69, 9.17) is 9.47 Å². The van der Waals surface area contributed by atoms with Crippen molar-refractivity contribution < 1.29 is 9.47 Å². The Morgan fingerprint density at radius 3 is 2.64 bits per heavy atom. The summed E-state index contributed by atoms with van der Waals surface area (Å²) >= 11 is 4.63. The molecule has 1 aliphatic rings. The summed E-state index contributed by atoms with van der Waals surface area (Å²) in [6.45, 7) is 3.39. The Morgan fingerprint density at radius 2 is 2.14 bits per heavy atom. The third-order valence-electron chi connectivity index (χ3n) is 2.54. The van der Waals surface area contributed by atoms with E-state index in [1.807, 2.05) is 12.1 Å². The maximum absolute atomic E-state index is 5.32. The minimum Gasteiger partial charge on any atom is -0.496 e. The fourth-order valence-electron chi connectivity index (χ4n) is 1.64. The first kappa shape index (κ1) is 9.87. The molecule has 0 bridgehead atoms. The Morgan fingerprint density at radius 1 is 1.43 bits per heavy atom. The van der Waals surface area contributed by atoms with Crippen molar-refractivity contribution in [2.24, 2.45) is 0 Å². The summed E-state index contributed by atoms with van der Waals surface area (Å²) in [5.74, 6) is 0.897. The van der Waals surface area contributed by atoms with Crippen LogP contribution in [0.5, 0.6) is 5.75 Å². The lowest BCUT2D eigenvalue weighted by atomic mass is 9.94. The van der Waals surface area contributed by atoms with Crippen LogP contribution in [0.1, 0.15) is 11.1 Å². The largest absolute Gasteiger partial charge is 0.496 e. The summed E-state index contributed by atoms with van der Waals surface area (Å²) in [4.78, 5) is 0. The predicted octanol–water partition coefficient (Wildman–Crippen LogP) is 2.16. The van der Waals surface area contributed by atoms with Crippen LogP contribution in [-0.4, -0.2) is 20.3 Å². The smallest absolute Gasteiger partial charge is 0.123 e. The highest BCUT2D eigenvalue weighted by molar-refractivity contribution is 7.81. The first-order valence-corrected chi connectivity index (χ1v) is 5.06. The van der Waals surface area contributed by atoms with E-state index in [9.17, 15) is 0 Å². The monoisotopic (exact) mass is 210 g/mol. The molecule has 0 aromatic heterocycles. The number of methoxy groups -OCH3 is 1. The maximum atomic E-state index is 5.32. The molecule has 2 nitrogen and oxygen atoms in total. The van der Waals surface area contributed by atoms with Gasteiger partial charge in [0.25, 0.3) is 0 Å². The molecule has 1 aliphatic heterocycles. The Labute approximate surface area is 89.6 Å². The van der Waals surface area contributed by atoms with Crippen molar-refractivity contribution >= 4 is 12.6 Å². The third kappa shape index (κ3) is 1.51. The molecule has 2 rings (SSSR count). The number of rotatable bonds is 2. The number of hydrogen-bond donors (Lipinski definition) is 1. The molecule has 1 saturated heterocycles. The van der Waals surface area contributed by atoms with Gasteiger partial charge in [0.2, 0.25) is 0 Å². The molecule has 0 radical (unpaired) electrons. The highest BCUT2D eigenvalue weighted by Crippen LogP contribution is 2.41. The van der Waals surface area contributed by atoms with Crippen LogP contribution in [0, 0.1) is 6.92 Å². The molecule has 76 valence electrons. The average Bonchev–Trinajstić information content (AvgIpc) is 2.14. The molecule has 0 saturated carbocycles. The number of thiol groups is 1. The predicted molar refractivity (Wildman–Crippen MR) is 59.2 cm³/mol. The van der Waals surface area contributed by atoms with Crippen LogP contribution in [0.2, 0.25) is 0 Å². The molecular weight excluding hydrogens is 196 g/mol. The minimum atomic E-state index is -0.155. The molecule has 0 amide bonds. The lowest BCUT2D eigenvalue weighted by Gasteiger charge is -2.38. The number of hydrogen-bond acceptors (Lipinski definition) is 3. The molecule has 1 aromatic carbocycles. The number of ether oxygens (including phenoxy) is 2. The number of aryl methyl sites for hydroxylation is 1. The Kier molecular flexibility index (Phi) is 2.45. The fraction of sp³-hybridized carbons (Fsp3) is 0.455. The Balaban J connectivity index is 2.43. The van der Waals surface area contributed by atoms with Gasteiger partial charge in [0, 0.05) is 5.56 Å². The van der Waals surface area contributed by atoms with Gasteiger partial charge in [-0.25, -0.2) is 0 Å². The van der Waals surface area contributed by atoms with Crippen LogP contribution in [0.3, 0.4) is 0 Å². The zero-order valence-electron chi connectivity index (χ0n) is 8.41. The van der Waals surface area contributed by atoms with Gasteiger partial charge < -0.3 is 9.47 Å². The lowest BCUT2D eigenvalue weighted by molar-refractivity contribution is -0.0106. The van der Waals surface area contributed by atoms with Gasteiger partial charge in [-0.05, 0) is 13.0 Å². The first-order chi connectivity index (χ1) is 6.65. The van der Waals surface area contributed by atoms with Crippen LogP contribution in [-0.2, 0) is 9.48 Å². The molecular formula is C11H14O2S. The van der Waals surface area contributed by atoms with E-state index in [0.29, 0.717) is 13.2 Å². The zero-order valence-corrected chi connectivity index (χ0v) is 9.30. The van der Waals surface area contributed by atoms with E-state index in [2.05, 4.69) is 25.6 Å². The van der Waals surface area contributed by atoms with Gasteiger partial charge in [-0.1, -0.05) is 17.7 Å². The summed E-state index contributed by atoms with van der Waals surface area (Å²) in [7, 11) is 1.69. The topological polar surface area (TPSA) is 18.5 Å². The molecule has 0 unspecified atom stereocenters. The summed E-state index contributed by atoms with van der Waals surface area (Å²) in [6.07, 6.45) is 0. The highest BCUT2D eigenvalue weighted by atomic mass is 32.1. The van der Waals surface area contributed by atoms with Crippen LogP contribution < -0.4 is 4.74 Å². The number of benzene rings is 1. The normalized spacial score (nSPS) is 18.8. The first-order valence-electron chi connectivity index (χ1n) is 4.61. The maximum Gasteiger partial charge on any atom is 0.123 e. The molecule has 1 heterocycles. The summed E-state index contributed by atoms with van der Waals surface area (Å²) < 4.78 is 10.4. The van der Waals surface area contributed by atoms with Crippen LogP contribution in [0.4, 0.5) is 0 Å². The van der Waals surface area contributed by atoms with Gasteiger partial charge in [0.1, 0.15) is 5.75 Å². The SMILES string of the molecule is COc1ccc(C)cc1C1(S)COC1. The second-order valence-electron chi connectivity index (χ2n) is 3.73. The van der Waals surface area contributed by atoms with Gasteiger partial charge in [-0.15, -0.1) is 0 Å². The fourth-order valence-corrected chi connectivity index (χ4v) is 1.99. The van der Waals surface area contributed by atoms with Crippen LogP contribution >= 0.6 is 12.6 Å². The van der Waals surface area contributed by atoms with E-state index < -0.39 is 0 Å². The van der Waals surface area contributed by atoms with E-state index >= 15 is 0 Å². The van der Waals surface area contributed by atoms with Crippen molar-refractivity contribution in [3.63, 3.8) is 0 Å². The Bertz CT molecular complexity index is 345. The lowest BCUT2D eigenvalue weighted by Crippen LogP contribution is -2.41. The van der Waals surface area contributed by atoms with Crippen molar-refractivity contribution in [1.29, 1.82) is 0 Å². The van der Waals surface area contributed by atoms with Crippen molar-refractivity contribution in [3.8, 4) is 5.75 Å². The highest BCUT2D eigenvalue weighted by Gasteiger charge is 2.38. The standard InChI is InChI=1S/C11H14O2S/c1-8-3-4-10(12-2)9(5-8)11(14)6-13-7-11/h3-5,14H,6-7H2,1-2H3. The van der Waals surface area contributed by atoms with Crippen molar-refractivity contribution in [2.75, 3.05) is 20.3 Å². The van der Waals surface area contributed by atoms with E-state index in [1.165, 1.54) is 5.56 Å². The minimum absolute atomic E-state index is 0.155. The second kappa shape index (κ2) is 3.48. The molecule has 0 aliphatic carbocycles. The molecule has 3 heteroatoms. The molecule has 0 spiro atoms. The van der Waals surface area contributed by atoms with Gasteiger partial charge >= 0.3 is 0 Å². The molecule has 0 N–H and O–H groups in total. The third-order valence-corrected chi connectivity index (χ3v) is 3.04. The molecule has 14 heavy (non-hydrogen) atoms. The van der Waals surface area contributed by atoms with Crippen LogP contribution in [0.15, 0.2) is 18.2 Å². The second-order valence-corrected chi connectivity index (χ2v) is 4.58. The van der Waals surface area contributed by atoms with Gasteiger partial charge in [0.05, 0.1) is 25.1 Å². The van der Waals surface area contributed by atoms with Gasteiger partial charge in [-0.2, -0.15) is 12.6 Å². The Hall–Kier alpha value is -0.670. The van der Waals surface area contributed by atoms with Gasteiger partial charge in [-0.3, -0.25) is 0 Å². The zero-order chi connectivity index (χ0) is 10.2. The van der Waals surface area contributed by atoms with E-state index in [0.717, 1.165) is 11.3 Å². The summed E-state index contributed by atoms with van der Waals surface area (Å²) in [5.41, 5.74) is 2.36. The van der Waals surface area contributed by atoms with Gasteiger partial charge in [0.15, 0.2) is 0 Å². The summed E-state index contributed by atoms with van der Waals surface area (Å²) in [5, 5.41) is 0. The average molecular weight is 210 g/mol. The van der Waals surface area contributed by atoms with E-state index in [-0.39, 0.29) is 4.75 Å². The van der Waals surface area contributed by atoms with Crippen molar-refractivity contribution in [3.05, 3.63) is 29.3 Å². The van der Waals surface area contributed by atoms with Crippen molar-refractivity contribution in [1.82, 2.24) is 0 Å².